The number of alkyl halides is 1. The number of sulfonamides is 1. The molecule has 1 aromatic carbocycles. The van der Waals surface area contributed by atoms with Gasteiger partial charge in [0.25, 0.3) is 0 Å². The largest absolute Gasteiger partial charge is 0.283 e. The maximum atomic E-state index is 11.6. The van der Waals surface area contributed by atoms with Crippen LogP contribution in [0.2, 0.25) is 0 Å². The summed E-state index contributed by atoms with van der Waals surface area (Å²) in [6, 6.07) is 8.87. The second kappa shape index (κ2) is 5.41. The van der Waals surface area contributed by atoms with Gasteiger partial charge >= 0.3 is 0 Å². The van der Waals surface area contributed by atoms with Gasteiger partial charge in [-0.1, -0.05) is 12.1 Å². The molecule has 18 heavy (non-hydrogen) atoms. The fraction of sp³-hybridized carbons (Fsp3) is 0.182. The maximum absolute atomic E-state index is 11.6. The maximum Gasteiger partial charge on any atom is 0.233 e. The Kier molecular flexibility index (Phi) is 3.88. The molecule has 0 spiro atoms. The molecule has 1 heterocycles. The summed E-state index contributed by atoms with van der Waals surface area (Å²) in [4.78, 5) is 0. The fourth-order valence-electron chi connectivity index (χ4n) is 1.50. The van der Waals surface area contributed by atoms with E-state index in [4.69, 9.17) is 11.6 Å². The molecule has 2 rings (SSSR count). The summed E-state index contributed by atoms with van der Waals surface area (Å²) in [6.45, 7) is 0. The topological polar surface area (TPSA) is 74.8 Å². The lowest BCUT2D eigenvalue weighted by Crippen LogP contribution is -2.17. The minimum atomic E-state index is -3.38. The van der Waals surface area contributed by atoms with Crippen LogP contribution in [0.1, 0.15) is 0 Å². The van der Waals surface area contributed by atoms with Gasteiger partial charge in [0.05, 0.1) is 11.4 Å². The van der Waals surface area contributed by atoms with E-state index in [1.807, 2.05) is 12.1 Å². The zero-order chi connectivity index (χ0) is 13.0. The highest BCUT2D eigenvalue weighted by atomic mass is 35.5. The van der Waals surface area contributed by atoms with Gasteiger partial charge in [-0.15, -0.1) is 11.6 Å². The number of benzene rings is 1. The van der Waals surface area contributed by atoms with Gasteiger partial charge in [0, 0.05) is 23.3 Å². The Hall–Kier alpha value is -1.53. The predicted octanol–water partition coefficient (Wildman–Crippen LogP) is 2.06. The molecule has 0 radical (unpaired) electrons. The van der Waals surface area contributed by atoms with Crippen LogP contribution in [0.5, 0.6) is 0 Å². The third-order valence-corrected chi connectivity index (χ3v) is 3.99. The lowest BCUT2D eigenvalue weighted by Gasteiger charge is -2.07. The molecule has 5 nitrogen and oxygen atoms in total. The van der Waals surface area contributed by atoms with Crippen molar-refractivity contribution in [3.63, 3.8) is 0 Å². The van der Waals surface area contributed by atoms with E-state index in [0.29, 0.717) is 5.69 Å². The van der Waals surface area contributed by atoms with E-state index in [9.17, 15) is 8.42 Å². The first-order valence-electron chi connectivity index (χ1n) is 5.27. The van der Waals surface area contributed by atoms with Crippen LogP contribution in [0.15, 0.2) is 36.5 Å². The van der Waals surface area contributed by atoms with Crippen molar-refractivity contribution in [2.75, 3.05) is 16.4 Å². The third-order valence-electron chi connectivity index (χ3n) is 2.29. The minimum Gasteiger partial charge on any atom is -0.283 e. The summed E-state index contributed by atoms with van der Waals surface area (Å²) in [5, 5.41) is 6.67. The van der Waals surface area contributed by atoms with Crippen LogP contribution in [-0.2, 0) is 10.0 Å². The summed E-state index contributed by atoms with van der Waals surface area (Å²) >= 11 is 5.43. The lowest BCUT2D eigenvalue weighted by atomic mass is 10.1. The highest BCUT2D eigenvalue weighted by Crippen LogP contribution is 2.20. The Balaban J connectivity index is 2.23. The molecule has 0 atom stereocenters. The molecule has 0 aliphatic rings. The quantitative estimate of drug-likeness (QED) is 0.826. The molecule has 0 aliphatic carbocycles. The van der Waals surface area contributed by atoms with E-state index in [-0.39, 0.29) is 11.6 Å². The number of halogens is 1. The van der Waals surface area contributed by atoms with Gasteiger partial charge in [-0.2, -0.15) is 5.10 Å². The molecular formula is C11H12ClN3O2S. The number of nitrogens with one attached hydrogen (secondary N) is 2. The van der Waals surface area contributed by atoms with E-state index >= 15 is 0 Å². The molecule has 0 saturated carbocycles. The number of hydrogen-bond donors (Lipinski definition) is 2. The SMILES string of the molecule is O=S(=O)(CCCl)Nc1cccc(-c2ccn[nH]2)c1. The fourth-order valence-corrected chi connectivity index (χ4v) is 2.90. The van der Waals surface area contributed by atoms with Gasteiger partial charge in [0.15, 0.2) is 0 Å². The average Bonchev–Trinajstić information content (AvgIpc) is 2.81. The van der Waals surface area contributed by atoms with Crippen LogP contribution in [-0.4, -0.2) is 30.2 Å². The number of rotatable bonds is 5. The van der Waals surface area contributed by atoms with Gasteiger partial charge in [0.2, 0.25) is 10.0 Å². The van der Waals surface area contributed by atoms with Crippen molar-refractivity contribution in [1.82, 2.24) is 10.2 Å². The standard InChI is InChI=1S/C11H12ClN3O2S/c12-5-7-18(16,17)15-10-3-1-2-9(8-10)11-4-6-13-14-11/h1-4,6,8,15H,5,7H2,(H,13,14). The number of aromatic nitrogens is 2. The Morgan fingerprint density at radius 1 is 1.33 bits per heavy atom. The molecule has 0 unspecified atom stereocenters. The second-order valence-corrected chi connectivity index (χ2v) is 5.88. The second-order valence-electron chi connectivity index (χ2n) is 3.66. The average molecular weight is 286 g/mol. The third kappa shape index (κ3) is 3.24. The van der Waals surface area contributed by atoms with Crippen molar-refractivity contribution >= 4 is 27.3 Å². The summed E-state index contributed by atoms with van der Waals surface area (Å²) in [5.74, 6) is -0.0432. The minimum absolute atomic E-state index is 0.0651. The van der Waals surface area contributed by atoms with E-state index in [0.717, 1.165) is 11.3 Å². The van der Waals surface area contributed by atoms with Crippen LogP contribution < -0.4 is 4.72 Å². The molecule has 0 fully saturated rings. The molecular weight excluding hydrogens is 274 g/mol. The van der Waals surface area contributed by atoms with Gasteiger partial charge < -0.3 is 0 Å². The Labute approximate surface area is 110 Å². The first kappa shape index (κ1) is 12.9. The number of aromatic amines is 1. The summed E-state index contributed by atoms with van der Waals surface area (Å²) in [7, 11) is -3.38. The zero-order valence-corrected chi connectivity index (χ0v) is 11.0. The molecule has 0 saturated heterocycles. The van der Waals surface area contributed by atoms with E-state index in [1.54, 1.807) is 24.4 Å². The van der Waals surface area contributed by atoms with Gasteiger partial charge in [-0.3, -0.25) is 9.82 Å². The molecule has 0 amide bonds. The van der Waals surface area contributed by atoms with Gasteiger partial charge in [-0.25, -0.2) is 8.42 Å². The normalized spacial score (nSPS) is 11.4. The van der Waals surface area contributed by atoms with Crippen LogP contribution in [0.4, 0.5) is 5.69 Å². The summed E-state index contributed by atoms with van der Waals surface area (Å²) in [6.07, 6.45) is 1.64. The van der Waals surface area contributed by atoms with Gasteiger partial charge in [0.1, 0.15) is 0 Å². The van der Waals surface area contributed by atoms with Crippen molar-refractivity contribution < 1.29 is 8.42 Å². The van der Waals surface area contributed by atoms with Crippen LogP contribution in [0, 0.1) is 0 Å². The first-order chi connectivity index (χ1) is 8.61. The molecule has 0 bridgehead atoms. The highest BCUT2D eigenvalue weighted by Gasteiger charge is 2.09. The molecule has 0 aliphatic heterocycles. The van der Waals surface area contributed by atoms with Crippen molar-refractivity contribution in [2.45, 2.75) is 0 Å². The number of hydrogen-bond acceptors (Lipinski definition) is 3. The Morgan fingerprint density at radius 3 is 2.83 bits per heavy atom. The molecule has 1 aromatic heterocycles. The first-order valence-corrected chi connectivity index (χ1v) is 7.46. The van der Waals surface area contributed by atoms with Crippen LogP contribution >= 0.6 is 11.6 Å². The van der Waals surface area contributed by atoms with Crippen molar-refractivity contribution in [2.24, 2.45) is 0 Å². The Bertz CT molecular complexity index is 611. The number of anilines is 1. The molecule has 2 N–H and O–H groups in total. The van der Waals surface area contributed by atoms with E-state index in [1.165, 1.54) is 0 Å². The lowest BCUT2D eigenvalue weighted by molar-refractivity contribution is 0.602. The van der Waals surface area contributed by atoms with E-state index < -0.39 is 10.0 Å². The zero-order valence-electron chi connectivity index (χ0n) is 9.43. The number of H-pyrrole nitrogens is 1. The van der Waals surface area contributed by atoms with Crippen molar-refractivity contribution in [1.29, 1.82) is 0 Å². The highest BCUT2D eigenvalue weighted by molar-refractivity contribution is 7.92. The molecule has 2 aromatic rings. The smallest absolute Gasteiger partial charge is 0.233 e. The monoisotopic (exact) mass is 285 g/mol. The van der Waals surface area contributed by atoms with Crippen LogP contribution in [0.25, 0.3) is 11.3 Å². The number of nitrogens with zero attached hydrogens (tertiary/aromatic N) is 1. The van der Waals surface area contributed by atoms with E-state index in [2.05, 4.69) is 14.9 Å². The van der Waals surface area contributed by atoms with Crippen LogP contribution in [0.3, 0.4) is 0 Å². The van der Waals surface area contributed by atoms with Crippen molar-refractivity contribution in [3.8, 4) is 11.3 Å². The molecule has 7 heteroatoms. The summed E-state index contributed by atoms with van der Waals surface area (Å²) in [5.41, 5.74) is 2.19. The molecule has 96 valence electrons. The predicted molar refractivity (Wildman–Crippen MR) is 72.2 cm³/mol. The summed E-state index contributed by atoms with van der Waals surface area (Å²) < 4.78 is 25.6. The van der Waals surface area contributed by atoms with Crippen molar-refractivity contribution in [3.05, 3.63) is 36.5 Å². The van der Waals surface area contributed by atoms with Gasteiger partial charge in [-0.05, 0) is 18.2 Å². The Morgan fingerprint density at radius 2 is 2.17 bits per heavy atom.